The molecule has 0 bridgehead atoms. The summed E-state index contributed by atoms with van der Waals surface area (Å²) in [7, 11) is 2.00. The lowest BCUT2D eigenvalue weighted by molar-refractivity contribution is -0.143. The van der Waals surface area contributed by atoms with Crippen molar-refractivity contribution in [1.29, 1.82) is 0 Å². The molecule has 4 N–H and O–H groups in total. The normalized spacial score (nSPS) is 22.1. The average molecular weight is 521 g/mol. The molecule has 2 aromatic rings. The van der Waals surface area contributed by atoms with Crippen molar-refractivity contribution >= 4 is 52.4 Å². The zero-order valence-corrected chi connectivity index (χ0v) is 20.5. The second-order valence-corrected chi connectivity index (χ2v) is 10.2. The number of carboxylic acids is 1. The number of carbonyl (C=O) groups is 4. The molecule has 11 nitrogen and oxygen atoms in total. The minimum atomic E-state index is -0.965. The Labute approximate surface area is 210 Å². The molecular weight excluding hydrogens is 496 g/mol. The monoisotopic (exact) mass is 520 g/mol. The molecule has 0 radical (unpaired) electrons. The molecule has 13 heteroatoms. The number of carboxylic acid groups (broad SMARTS) is 1. The van der Waals surface area contributed by atoms with Gasteiger partial charge in [-0.05, 0) is 38.4 Å². The lowest BCUT2D eigenvalue weighted by Crippen LogP contribution is -2.56. The van der Waals surface area contributed by atoms with E-state index in [1.807, 2.05) is 7.05 Å². The lowest BCUT2D eigenvalue weighted by atomic mass is 9.82. The fourth-order valence-electron chi connectivity index (χ4n) is 4.23. The summed E-state index contributed by atoms with van der Waals surface area (Å²) in [5, 5.41) is 18.0. The van der Waals surface area contributed by atoms with Crippen LogP contribution in [0.1, 0.15) is 39.6 Å². The van der Waals surface area contributed by atoms with Gasteiger partial charge in [0, 0.05) is 36.6 Å². The third-order valence-electron chi connectivity index (χ3n) is 6.12. The van der Waals surface area contributed by atoms with Gasteiger partial charge in [0.1, 0.15) is 5.82 Å². The number of anilines is 1. The summed E-state index contributed by atoms with van der Waals surface area (Å²) < 4.78 is 0. The molecule has 1 aliphatic carbocycles. The van der Waals surface area contributed by atoms with Crippen LogP contribution in [0.5, 0.6) is 0 Å². The predicted octanol–water partition coefficient (Wildman–Crippen LogP) is 1.29. The minimum absolute atomic E-state index is 0.125. The maximum atomic E-state index is 13.0. The molecule has 1 fully saturated rings. The number of hydrogen-bond donors (Lipinski definition) is 4. The Balaban J connectivity index is 1.43. The SMILES string of the molecule is CN1CCc2nc(C(=O)NC3CC(C(=O)O)CCC3NC(=O)C(=O)Nc3ccc(Cl)cn3)sc2C1. The van der Waals surface area contributed by atoms with Gasteiger partial charge in [0.2, 0.25) is 0 Å². The summed E-state index contributed by atoms with van der Waals surface area (Å²) in [4.78, 5) is 61.0. The quantitative estimate of drug-likeness (QED) is 0.430. The van der Waals surface area contributed by atoms with Gasteiger partial charge in [-0.2, -0.15) is 0 Å². The first-order valence-electron chi connectivity index (χ1n) is 11.1. The molecule has 4 rings (SSSR count). The van der Waals surface area contributed by atoms with Crippen LogP contribution >= 0.6 is 22.9 Å². The van der Waals surface area contributed by atoms with Gasteiger partial charge in [-0.25, -0.2) is 9.97 Å². The molecule has 0 aromatic carbocycles. The summed E-state index contributed by atoms with van der Waals surface area (Å²) in [6.45, 7) is 1.59. The van der Waals surface area contributed by atoms with Crippen molar-refractivity contribution in [2.45, 2.75) is 44.3 Å². The zero-order chi connectivity index (χ0) is 25.1. The molecule has 35 heavy (non-hydrogen) atoms. The Morgan fingerprint density at radius 2 is 1.94 bits per heavy atom. The smallest absolute Gasteiger partial charge is 0.314 e. The number of likely N-dealkylation sites (N-methyl/N-ethyl adjacent to an activating group) is 1. The van der Waals surface area contributed by atoms with Crippen molar-refractivity contribution in [2.24, 2.45) is 5.92 Å². The number of thiazole rings is 1. The first-order chi connectivity index (χ1) is 16.7. The number of carbonyl (C=O) groups excluding carboxylic acids is 3. The van der Waals surface area contributed by atoms with Crippen LogP contribution in [-0.4, -0.2) is 69.3 Å². The Kier molecular flexibility index (Phi) is 7.63. The standard InChI is InChI=1S/C22H25ClN6O5S/c1-29-7-6-14-16(10-29)35-21(27-14)20(32)26-15-8-11(22(33)34)2-4-13(15)25-18(30)19(31)28-17-5-3-12(23)9-24-17/h3,5,9,11,13,15H,2,4,6-8,10H2,1H3,(H,25,30)(H,26,32)(H,33,34)(H,24,28,31). The number of aromatic nitrogens is 2. The number of hydrogen-bond acceptors (Lipinski definition) is 8. The first-order valence-corrected chi connectivity index (χ1v) is 12.3. The van der Waals surface area contributed by atoms with Crippen molar-refractivity contribution in [1.82, 2.24) is 25.5 Å². The Bertz CT molecular complexity index is 1140. The number of pyridine rings is 1. The number of fused-ring (bicyclic) bond motifs is 1. The Morgan fingerprint density at radius 1 is 1.14 bits per heavy atom. The van der Waals surface area contributed by atoms with Crippen molar-refractivity contribution < 1.29 is 24.3 Å². The maximum Gasteiger partial charge on any atom is 0.314 e. The molecule has 3 heterocycles. The molecule has 1 saturated carbocycles. The van der Waals surface area contributed by atoms with E-state index in [0.717, 1.165) is 30.1 Å². The second kappa shape index (κ2) is 10.7. The first kappa shape index (κ1) is 25.0. The Hall–Kier alpha value is -3.09. The van der Waals surface area contributed by atoms with E-state index in [1.165, 1.54) is 29.7 Å². The van der Waals surface area contributed by atoms with Crippen LogP contribution < -0.4 is 16.0 Å². The van der Waals surface area contributed by atoms with Gasteiger partial charge < -0.3 is 26.0 Å². The topological polar surface area (TPSA) is 154 Å². The van der Waals surface area contributed by atoms with Gasteiger partial charge in [0.05, 0.1) is 22.7 Å². The van der Waals surface area contributed by atoms with Crippen molar-refractivity contribution in [3.8, 4) is 0 Å². The van der Waals surface area contributed by atoms with E-state index in [-0.39, 0.29) is 12.2 Å². The number of halogens is 1. The van der Waals surface area contributed by atoms with Crippen LogP contribution in [0.25, 0.3) is 0 Å². The van der Waals surface area contributed by atoms with E-state index in [1.54, 1.807) is 0 Å². The summed E-state index contributed by atoms with van der Waals surface area (Å²) in [6, 6.07) is 1.69. The highest BCUT2D eigenvalue weighted by molar-refractivity contribution is 7.13. The summed E-state index contributed by atoms with van der Waals surface area (Å²) in [6.07, 6.45) is 2.82. The number of aliphatic carboxylic acids is 1. The van der Waals surface area contributed by atoms with Crippen LogP contribution in [0.15, 0.2) is 18.3 Å². The zero-order valence-electron chi connectivity index (χ0n) is 18.9. The summed E-state index contributed by atoms with van der Waals surface area (Å²) in [5.41, 5.74) is 0.905. The Morgan fingerprint density at radius 3 is 2.66 bits per heavy atom. The summed E-state index contributed by atoms with van der Waals surface area (Å²) >= 11 is 7.09. The van der Waals surface area contributed by atoms with Crippen LogP contribution in [0.2, 0.25) is 5.02 Å². The highest BCUT2D eigenvalue weighted by Crippen LogP contribution is 2.27. The third-order valence-corrected chi connectivity index (χ3v) is 7.43. The van der Waals surface area contributed by atoms with Crippen LogP contribution in [0.3, 0.4) is 0 Å². The number of rotatable bonds is 5. The van der Waals surface area contributed by atoms with E-state index >= 15 is 0 Å². The van der Waals surface area contributed by atoms with E-state index in [9.17, 15) is 24.3 Å². The van der Waals surface area contributed by atoms with Gasteiger partial charge in [-0.15, -0.1) is 11.3 Å². The van der Waals surface area contributed by atoms with Crippen LogP contribution in [0.4, 0.5) is 5.82 Å². The molecule has 2 aromatic heterocycles. The lowest BCUT2D eigenvalue weighted by Gasteiger charge is -2.35. The molecule has 1 aliphatic heterocycles. The van der Waals surface area contributed by atoms with Crippen LogP contribution in [-0.2, 0) is 27.3 Å². The summed E-state index contributed by atoms with van der Waals surface area (Å²) in [5.74, 6) is -3.73. The van der Waals surface area contributed by atoms with Crippen molar-refractivity contribution in [3.05, 3.63) is 38.9 Å². The molecule has 186 valence electrons. The van der Waals surface area contributed by atoms with E-state index in [4.69, 9.17) is 11.6 Å². The number of nitrogens with zero attached hydrogens (tertiary/aromatic N) is 3. The minimum Gasteiger partial charge on any atom is -0.481 e. The molecule has 2 aliphatic rings. The van der Waals surface area contributed by atoms with Crippen LogP contribution in [0, 0.1) is 5.92 Å². The van der Waals surface area contributed by atoms with Gasteiger partial charge in [0.15, 0.2) is 5.01 Å². The van der Waals surface area contributed by atoms with Crippen molar-refractivity contribution in [3.63, 3.8) is 0 Å². The fourth-order valence-corrected chi connectivity index (χ4v) is 5.44. The second-order valence-electron chi connectivity index (χ2n) is 8.70. The van der Waals surface area contributed by atoms with E-state index < -0.39 is 41.7 Å². The molecule has 3 atom stereocenters. The van der Waals surface area contributed by atoms with E-state index in [2.05, 4.69) is 30.8 Å². The molecule has 3 unspecified atom stereocenters. The van der Waals surface area contributed by atoms with Gasteiger partial charge in [0.25, 0.3) is 5.91 Å². The predicted molar refractivity (Wildman–Crippen MR) is 128 cm³/mol. The van der Waals surface area contributed by atoms with Gasteiger partial charge in [-0.1, -0.05) is 11.6 Å². The number of nitrogens with one attached hydrogen (secondary N) is 3. The molecule has 0 spiro atoms. The largest absolute Gasteiger partial charge is 0.481 e. The molecule has 3 amide bonds. The highest BCUT2D eigenvalue weighted by Gasteiger charge is 2.37. The molecule has 0 saturated heterocycles. The maximum absolute atomic E-state index is 13.0. The van der Waals surface area contributed by atoms with Gasteiger partial charge >= 0.3 is 17.8 Å². The fraction of sp³-hybridized carbons (Fsp3) is 0.455. The van der Waals surface area contributed by atoms with E-state index in [0.29, 0.717) is 22.9 Å². The van der Waals surface area contributed by atoms with Gasteiger partial charge in [-0.3, -0.25) is 19.2 Å². The average Bonchev–Trinajstić information content (AvgIpc) is 3.25. The third kappa shape index (κ3) is 6.13. The number of amides is 3. The molecular formula is C22H25ClN6O5S. The van der Waals surface area contributed by atoms with Crippen molar-refractivity contribution in [2.75, 3.05) is 18.9 Å². The highest BCUT2D eigenvalue weighted by atomic mass is 35.5.